The van der Waals surface area contributed by atoms with Gasteiger partial charge in [-0.3, -0.25) is 9.52 Å². The zero-order valence-corrected chi connectivity index (χ0v) is 19.6. The Balaban J connectivity index is 1.90. The quantitative estimate of drug-likeness (QED) is 0.447. The van der Waals surface area contributed by atoms with Crippen molar-refractivity contribution in [3.05, 3.63) is 59.3 Å². The first kappa shape index (κ1) is 23.6. The number of hydrogen-bond acceptors (Lipinski definition) is 6. The number of likely N-dealkylation sites (N-methyl/N-ethyl adjacent to an activating group) is 1. The van der Waals surface area contributed by atoms with Gasteiger partial charge in [-0.1, -0.05) is 11.6 Å². The maximum absolute atomic E-state index is 13.1. The molecule has 0 fully saturated rings. The van der Waals surface area contributed by atoms with E-state index in [1.54, 1.807) is 38.2 Å². The Labute approximate surface area is 192 Å². The van der Waals surface area contributed by atoms with Gasteiger partial charge >= 0.3 is 0 Å². The highest BCUT2D eigenvalue weighted by molar-refractivity contribution is 7.92. The van der Waals surface area contributed by atoms with E-state index in [9.17, 15) is 13.2 Å². The van der Waals surface area contributed by atoms with Crippen LogP contribution in [0.5, 0.6) is 5.75 Å². The van der Waals surface area contributed by atoms with E-state index in [0.29, 0.717) is 17.0 Å². The summed E-state index contributed by atoms with van der Waals surface area (Å²) in [6.07, 6.45) is 0. The van der Waals surface area contributed by atoms with Crippen LogP contribution in [0.1, 0.15) is 12.7 Å². The Hall–Kier alpha value is -3.01. The number of sulfonamides is 1. The van der Waals surface area contributed by atoms with Crippen molar-refractivity contribution in [3.8, 4) is 17.1 Å². The van der Waals surface area contributed by atoms with E-state index in [4.69, 9.17) is 20.8 Å². The fourth-order valence-corrected chi connectivity index (χ4v) is 4.52. The summed E-state index contributed by atoms with van der Waals surface area (Å²) in [4.78, 5) is 12.0. The Morgan fingerprint density at radius 2 is 1.88 bits per heavy atom. The molecule has 1 amide bonds. The van der Waals surface area contributed by atoms with E-state index in [-0.39, 0.29) is 27.3 Å². The Bertz CT molecular complexity index is 1240. The largest absolute Gasteiger partial charge is 0.495 e. The molecule has 3 aromatic rings. The summed E-state index contributed by atoms with van der Waals surface area (Å²) in [5.74, 6) is 1.34. The molecule has 0 saturated carbocycles. The number of benzene rings is 2. The number of carbonyl (C=O) groups is 1. The summed E-state index contributed by atoms with van der Waals surface area (Å²) < 4.78 is 39.4. The predicted molar refractivity (Wildman–Crippen MR) is 125 cm³/mol. The molecule has 0 aliphatic heterocycles. The number of hydrogen-bond donors (Lipinski definition) is 3. The van der Waals surface area contributed by atoms with Crippen molar-refractivity contribution in [1.82, 2.24) is 5.32 Å². The second-order valence-corrected chi connectivity index (χ2v) is 9.13. The summed E-state index contributed by atoms with van der Waals surface area (Å²) in [6, 6.07) is 12.4. The number of anilines is 2. The van der Waals surface area contributed by atoms with E-state index in [0.717, 1.165) is 5.76 Å². The maximum atomic E-state index is 13.1. The molecule has 0 saturated heterocycles. The van der Waals surface area contributed by atoms with Gasteiger partial charge in [0.15, 0.2) is 0 Å². The predicted octanol–water partition coefficient (Wildman–Crippen LogP) is 4.26. The first-order chi connectivity index (χ1) is 15.1. The first-order valence-corrected chi connectivity index (χ1v) is 11.6. The molecule has 10 heteroatoms. The molecule has 3 rings (SSSR count). The molecule has 0 aliphatic rings. The minimum absolute atomic E-state index is 0.0373. The highest BCUT2D eigenvalue weighted by atomic mass is 35.5. The minimum Gasteiger partial charge on any atom is -0.495 e. The van der Waals surface area contributed by atoms with Crippen LogP contribution in [0, 0.1) is 6.92 Å². The number of amides is 1. The van der Waals surface area contributed by atoms with Crippen molar-refractivity contribution >= 4 is 38.9 Å². The Morgan fingerprint density at radius 1 is 1.12 bits per heavy atom. The van der Waals surface area contributed by atoms with Gasteiger partial charge in [0.1, 0.15) is 22.2 Å². The average molecular weight is 478 g/mol. The van der Waals surface area contributed by atoms with Crippen molar-refractivity contribution in [2.24, 2.45) is 0 Å². The van der Waals surface area contributed by atoms with Crippen molar-refractivity contribution in [2.45, 2.75) is 24.8 Å². The van der Waals surface area contributed by atoms with Crippen LogP contribution in [0.3, 0.4) is 0 Å². The van der Waals surface area contributed by atoms with Gasteiger partial charge in [-0.15, -0.1) is 0 Å². The number of carbonyl (C=O) groups excluding carboxylic acids is 1. The molecule has 0 spiro atoms. The second kappa shape index (κ2) is 9.64. The number of aryl methyl sites for hydroxylation is 1. The van der Waals surface area contributed by atoms with E-state index >= 15 is 0 Å². The van der Waals surface area contributed by atoms with Crippen LogP contribution in [0.2, 0.25) is 5.02 Å². The molecular weight excluding hydrogens is 454 g/mol. The van der Waals surface area contributed by atoms with Crippen molar-refractivity contribution < 1.29 is 22.4 Å². The molecule has 2 aromatic carbocycles. The molecule has 0 unspecified atom stereocenters. The van der Waals surface area contributed by atoms with E-state index in [1.807, 2.05) is 13.0 Å². The zero-order valence-electron chi connectivity index (χ0n) is 18.0. The molecule has 170 valence electrons. The number of ether oxygens (including phenoxy) is 1. The first-order valence-electron chi connectivity index (χ1n) is 9.70. The summed E-state index contributed by atoms with van der Waals surface area (Å²) in [5, 5.41) is 5.59. The minimum atomic E-state index is -4.05. The number of methoxy groups -OCH3 is 1. The van der Waals surface area contributed by atoms with Crippen LogP contribution in [0.4, 0.5) is 11.4 Å². The van der Waals surface area contributed by atoms with Gasteiger partial charge in [-0.05, 0) is 69.4 Å². The Kier molecular flexibility index (Phi) is 7.12. The smallest absolute Gasteiger partial charge is 0.263 e. The standard InChI is InChI=1S/C22H24ClN3O5S/c1-13-5-8-19(31-13)15-6-10-21(17(23)11-15)32(28,29)26-18-12-16(7-9-20(18)30-4)25-22(27)14(2)24-3/h5-12,14,24,26H,1-4H3,(H,25,27)/t14-/m0/s1. The van der Waals surface area contributed by atoms with Crippen molar-refractivity contribution in [3.63, 3.8) is 0 Å². The van der Waals surface area contributed by atoms with Gasteiger partial charge in [-0.2, -0.15) is 0 Å². The molecule has 1 atom stereocenters. The number of halogens is 1. The lowest BCUT2D eigenvalue weighted by Gasteiger charge is -2.16. The van der Waals surface area contributed by atoms with Gasteiger partial charge in [0.25, 0.3) is 10.0 Å². The molecule has 3 N–H and O–H groups in total. The van der Waals surface area contributed by atoms with Gasteiger partial charge < -0.3 is 19.8 Å². The molecule has 0 radical (unpaired) electrons. The van der Waals surface area contributed by atoms with Crippen LogP contribution in [0.25, 0.3) is 11.3 Å². The normalized spacial score (nSPS) is 12.3. The van der Waals surface area contributed by atoms with Gasteiger partial charge in [0, 0.05) is 11.3 Å². The molecule has 8 nitrogen and oxygen atoms in total. The lowest BCUT2D eigenvalue weighted by atomic mass is 10.2. The monoisotopic (exact) mass is 477 g/mol. The van der Waals surface area contributed by atoms with E-state index in [2.05, 4.69) is 15.4 Å². The van der Waals surface area contributed by atoms with E-state index < -0.39 is 16.1 Å². The fourth-order valence-electron chi connectivity index (χ4n) is 2.91. The topological polar surface area (TPSA) is 110 Å². The van der Waals surface area contributed by atoms with Gasteiger partial charge in [0.2, 0.25) is 5.91 Å². The zero-order chi connectivity index (χ0) is 23.5. The highest BCUT2D eigenvalue weighted by Gasteiger charge is 2.21. The lowest BCUT2D eigenvalue weighted by molar-refractivity contribution is -0.117. The molecule has 1 aromatic heterocycles. The third-order valence-corrected chi connectivity index (χ3v) is 6.63. The van der Waals surface area contributed by atoms with Crippen molar-refractivity contribution in [2.75, 3.05) is 24.2 Å². The SMILES string of the molecule is CN[C@@H](C)C(=O)Nc1ccc(OC)c(NS(=O)(=O)c2ccc(-c3ccc(C)o3)cc2Cl)c1. The average Bonchev–Trinajstić information content (AvgIpc) is 3.19. The number of furan rings is 1. The van der Waals surface area contributed by atoms with Gasteiger partial charge in [-0.25, -0.2) is 8.42 Å². The summed E-state index contributed by atoms with van der Waals surface area (Å²) in [5.41, 5.74) is 1.22. The second-order valence-electron chi connectivity index (χ2n) is 7.08. The van der Waals surface area contributed by atoms with Crippen LogP contribution >= 0.6 is 11.6 Å². The lowest BCUT2D eigenvalue weighted by Crippen LogP contribution is -2.35. The summed E-state index contributed by atoms with van der Waals surface area (Å²) in [7, 11) is -0.969. The van der Waals surface area contributed by atoms with Crippen LogP contribution in [-0.4, -0.2) is 34.5 Å². The molecular formula is C22H24ClN3O5S. The third-order valence-electron chi connectivity index (χ3n) is 4.78. The highest BCUT2D eigenvalue weighted by Crippen LogP contribution is 2.33. The number of nitrogens with one attached hydrogen (secondary N) is 3. The van der Waals surface area contributed by atoms with E-state index in [1.165, 1.54) is 25.3 Å². The Morgan fingerprint density at radius 3 is 2.47 bits per heavy atom. The summed E-state index contributed by atoms with van der Waals surface area (Å²) in [6.45, 7) is 3.52. The fraction of sp³-hybridized carbons (Fsp3) is 0.227. The van der Waals surface area contributed by atoms with Gasteiger partial charge in [0.05, 0.1) is 23.9 Å². The van der Waals surface area contributed by atoms with Crippen LogP contribution < -0.4 is 20.1 Å². The molecule has 0 aliphatic carbocycles. The molecule has 1 heterocycles. The van der Waals surface area contributed by atoms with Crippen LogP contribution in [-0.2, 0) is 14.8 Å². The van der Waals surface area contributed by atoms with Crippen molar-refractivity contribution in [1.29, 1.82) is 0 Å². The third kappa shape index (κ3) is 5.24. The maximum Gasteiger partial charge on any atom is 0.263 e. The van der Waals surface area contributed by atoms with Crippen LogP contribution in [0.15, 0.2) is 57.8 Å². The number of rotatable bonds is 8. The molecule has 0 bridgehead atoms. The molecule has 32 heavy (non-hydrogen) atoms. The summed E-state index contributed by atoms with van der Waals surface area (Å²) >= 11 is 6.31.